The summed E-state index contributed by atoms with van der Waals surface area (Å²) in [6.45, 7) is 0. The topological polar surface area (TPSA) is 54.5 Å². The van der Waals surface area contributed by atoms with E-state index in [4.69, 9.17) is 35.4 Å². The Hall–Kier alpha value is -0.600. The standard InChI is InChI=1S/C14H11Cl2NO3S3/c15-10-2-1-8(5-11(10)16)6-12-13(18)17(14(21)22-12)9-3-4-23(19,20)7-9/h1-2,5-6,9H,3-4,7H2/b12-6-. The summed E-state index contributed by atoms with van der Waals surface area (Å²) in [5, 5.41) is 0.838. The molecule has 0 aromatic heterocycles. The van der Waals surface area contributed by atoms with Gasteiger partial charge in [0.1, 0.15) is 4.32 Å². The Morgan fingerprint density at radius 2 is 2.04 bits per heavy atom. The number of halogens is 2. The summed E-state index contributed by atoms with van der Waals surface area (Å²) in [6.07, 6.45) is 2.11. The SMILES string of the molecule is O=C1/C(=C/c2ccc(Cl)c(Cl)c2)SC(=S)N1C1CCS(=O)(=O)C1. The van der Waals surface area contributed by atoms with Crippen LogP contribution in [0.3, 0.4) is 0 Å². The van der Waals surface area contributed by atoms with Gasteiger partial charge in [0.25, 0.3) is 5.91 Å². The first kappa shape index (κ1) is 17.2. The number of hydrogen-bond acceptors (Lipinski definition) is 5. The van der Waals surface area contributed by atoms with Crippen molar-refractivity contribution in [3.63, 3.8) is 0 Å². The number of benzene rings is 1. The van der Waals surface area contributed by atoms with E-state index in [0.717, 1.165) is 5.56 Å². The van der Waals surface area contributed by atoms with Gasteiger partial charge in [0, 0.05) is 0 Å². The van der Waals surface area contributed by atoms with Crippen LogP contribution in [0, 0.1) is 0 Å². The minimum Gasteiger partial charge on any atom is -0.289 e. The number of rotatable bonds is 2. The third-order valence-corrected chi connectivity index (χ3v) is 7.46. The summed E-state index contributed by atoms with van der Waals surface area (Å²) in [6, 6.07) is 4.70. The molecule has 0 saturated carbocycles. The number of hydrogen-bond donors (Lipinski definition) is 0. The van der Waals surface area contributed by atoms with Crippen molar-refractivity contribution in [3.05, 3.63) is 38.7 Å². The molecule has 2 aliphatic heterocycles. The molecule has 1 amide bonds. The predicted molar refractivity (Wildman–Crippen MR) is 98.5 cm³/mol. The molecule has 23 heavy (non-hydrogen) atoms. The summed E-state index contributed by atoms with van der Waals surface area (Å²) in [5.74, 6) is -0.187. The molecular formula is C14H11Cl2NO3S3. The molecule has 2 saturated heterocycles. The van der Waals surface area contributed by atoms with Crippen molar-refractivity contribution < 1.29 is 13.2 Å². The molecule has 0 spiro atoms. The molecule has 9 heteroatoms. The number of amides is 1. The number of sulfone groups is 1. The monoisotopic (exact) mass is 407 g/mol. The van der Waals surface area contributed by atoms with Crippen LogP contribution in [0.15, 0.2) is 23.1 Å². The first-order valence-electron chi connectivity index (χ1n) is 6.69. The molecule has 4 nitrogen and oxygen atoms in total. The van der Waals surface area contributed by atoms with E-state index in [0.29, 0.717) is 25.7 Å². The maximum atomic E-state index is 12.6. The van der Waals surface area contributed by atoms with Gasteiger partial charge in [0.15, 0.2) is 9.84 Å². The second kappa shape index (κ2) is 6.37. The van der Waals surface area contributed by atoms with E-state index in [1.807, 2.05) is 0 Å². The van der Waals surface area contributed by atoms with E-state index in [2.05, 4.69) is 0 Å². The van der Waals surface area contributed by atoms with Gasteiger partial charge in [-0.3, -0.25) is 9.69 Å². The Balaban J connectivity index is 1.86. The van der Waals surface area contributed by atoms with E-state index < -0.39 is 9.84 Å². The summed E-state index contributed by atoms with van der Waals surface area (Å²) in [4.78, 5) is 14.4. The van der Waals surface area contributed by atoms with Gasteiger partial charge in [-0.15, -0.1) is 0 Å². The van der Waals surface area contributed by atoms with Gasteiger partial charge >= 0.3 is 0 Å². The van der Waals surface area contributed by atoms with Crippen LogP contribution in [-0.2, 0) is 14.6 Å². The van der Waals surface area contributed by atoms with Crippen molar-refractivity contribution in [2.45, 2.75) is 12.5 Å². The van der Waals surface area contributed by atoms with Crippen LogP contribution in [-0.4, -0.2) is 41.1 Å². The van der Waals surface area contributed by atoms with Crippen molar-refractivity contribution >= 4 is 73.3 Å². The molecule has 1 atom stereocenters. The number of nitrogens with zero attached hydrogens (tertiary/aromatic N) is 1. The number of carbonyl (C=O) groups is 1. The first-order chi connectivity index (χ1) is 10.8. The molecule has 122 valence electrons. The van der Waals surface area contributed by atoms with Crippen molar-refractivity contribution in [2.24, 2.45) is 0 Å². The largest absolute Gasteiger partial charge is 0.289 e. The van der Waals surface area contributed by atoms with Crippen LogP contribution in [0.25, 0.3) is 6.08 Å². The van der Waals surface area contributed by atoms with Crippen LogP contribution in [0.5, 0.6) is 0 Å². The second-order valence-electron chi connectivity index (χ2n) is 5.28. The highest BCUT2D eigenvalue weighted by atomic mass is 35.5. The molecule has 0 bridgehead atoms. The second-order valence-corrected chi connectivity index (χ2v) is 10.0. The van der Waals surface area contributed by atoms with E-state index >= 15 is 0 Å². The van der Waals surface area contributed by atoms with E-state index in [-0.39, 0.29) is 23.5 Å². The molecule has 1 unspecified atom stereocenters. The minimum atomic E-state index is -3.08. The van der Waals surface area contributed by atoms with Crippen LogP contribution < -0.4 is 0 Å². The predicted octanol–water partition coefficient (Wildman–Crippen LogP) is 3.38. The summed E-state index contributed by atoms with van der Waals surface area (Å²) in [7, 11) is -3.08. The fourth-order valence-electron chi connectivity index (χ4n) is 2.53. The third-order valence-electron chi connectivity index (χ3n) is 3.64. The van der Waals surface area contributed by atoms with Gasteiger partial charge in [-0.25, -0.2) is 8.42 Å². The summed E-state index contributed by atoms with van der Waals surface area (Å²) < 4.78 is 23.6. The van der Waals surface area contributed by atoms with E-state index in [1.54, 1.807) is 24.3 Å². The molecule has 2 aliphatic rings. The number of thioether (sulfide) groups is 1. The Morgan fingerprint density at radius 1 is 1.30 bits per heavy atom. The van der Waals surface area contributed by atoms with Crippen LogP contribution in [0.2, 0.25) is 10.0 Å². The fourth-order valence-corrected chi connectivity index (χ4v) is 5.93. The highest BCUT2D eigenvalue weighted by Crippen LogP contribution is 2.36. The average Bonchev–Trinajstić information content (AvgIpc) is 2.94. The Bertz CT molecular complexity index is 836. The Kier molecular flexibility index (Phi) is 4.77. The molecule has 2 heterocycles. The van der Waals surface area contributed by atoms with Gasteiger partial charge in [0.2, 0.25) is 0 Å². The maximum absolute atomic E-state index is 12.6. The lowest BCUT2D eigenvalue weighted by molar-refractivity contribution is -0.123. The van der Waals surface area contributed by atoms with Gasteiger partial charge < -0.3 is 0 Å². The van der Waals surface area contributed by atoms with E-state index in [9.17, 15) is 13.2 Å². The molecule has 1 aromatic carbocycles. The van der Waals surface area contributed by atoms with Crippen molar-refractivity contribution in [3.8, 4) is 0 Å². The maximum Gasteiger partial charge on any atom is 0.266 e. The molecule has 0 aliphatic carbocycles. The lowest BCUT2D eigenvalue weighted by Crippen LogP contribution is -2.39. The molecule has 2 fully saturated rings. The van der Waals surface area contributed by atoms with Gasteiger partial charge in [-0.1, -0.05) is 53.2 Å². The Labute approximate surface area is 153 Å². The van der Waals surface area contributed by atoms with Crippen LogP contribution >= 0.6 is 47.2 Å². The zero-order chi connectivity index (χ0) is 16.8. The van der Waals surface area contributed by atoms with Crippen LogP contribution in [0.1, 0.15) is 12.0 Å². The highest BCUT2D eigenvalue weighted by molar-refractivity contribution is 8.26. The molecule has 3 rings (SSSR count). The van der Waals surface area contributed by atoms with Gasteiger partial charge in [0.05, 0.1) is 32.5 Å². The normalized spacial score (nSPS) is 25.6. The van der Waals surface area contributed by atoms with E-state index in [1.165, 1.54) is 16.7 Å². The zero-order valence-corrected chi connectivity index (χ0v) is 15.6. The van der Waals surface area contributed by atoms with Crippen molar-refractivity contribution in [2.75, 3.05) is 11.5 Å². The summed E-state index contributed by atoms with van der Waals surface area (Å²) >= 11 is 18.3. The summed E-state index contributed by atoms with van der Waals surface area (Å²) in [5.41, 5.74) is 0.735. The highest BCUT2D eigenvalue weighted by Gasteiger charge is 2.42. The lowest BCUT2D eigenvalue weighted by atomic mass is 10.2. The first-order valence-corrected chi connectivity index (χ1v) is 10.5. The minimum absolute atomic E-state index is 0.0283. The third kappa shape index (κ3) is 3.58. The lowest BCUT2D eigenvalue weighted by Gasteiger charge is -2.20. The van der Waals surface area contributed by atoms with Gasteiger partial charge in [-0.2, -0.15) is 0 Å². The molecule has 0 N–H and O–H groups in total. The van der Waals surface area contributed by atoms with Crippen molar-refractivity contribution in [1.82, 2.24) is 4.90 Å². The Morgan fingerprint density at radius 3 is 2.65 bits per heavy atom. The molecular weight excluding hydrogens is 397 g/mol. The van der Waals surface area contributed by atoms with Crippen molar-refractivity contribution in [1.29, 1.82) is 0 Å². The zero-order valence-electron chi connectivity index (χ0n) is 11.7. The average molecular weight is 408 g/mol. The number of thiocarbonyl (C=S) groups is 1. The fraction of sp³-hybridized carbons (Fsp3) is 0.286. The number of carbonyl (C=O) groups excluding carboxylic acids is 1. The smallest absolute Gasteiger partial charge is 0.266 e. The van der Waals surface area contributed by atoms with Crippen LogP contribution in [0.4, 0.5) is 0 Å². The molecule has 0 radical (unpaired) electrons. The quantitative estimate of drug-likeness (QED) is 0.555. The van der Waals surface area contributed by atoms with Gasteiger partial charge in [-0.05, 0) is 30.2 Å². The molecule has 1 aromatic rings.